The van der Waals surface area contributed by atoms with E-state index >= 15 is 0 Å². The van der Waals surface area contributed by atoms with Gasteiger partial charge in [-0.3, -0.25) is 0 Å². The summed E-state index contributed by atoms with van der Waals surface area (Å²) in [6, 6.07) is 28.3. The molecule has 5 rings (SSSR count). The van der Waals surface area contributed by atoms with E-state index in [4.69, 9.17) is 4.74 Å². The molecule has 1 fully saturated rings. The number of fused-ring (bicyclic) bond motifs is 5. The van der Waals surface area contributed by atoms with E-state index in [2.05, 4.69) is 78.9 Å². The van der Waals surface area contributed by atoms with Crippen molar-refractivity contribution >= 4 is 0 Å². The summed E-state index contributed by atoms with van der Waals surface area (Å²) in [5, 5.41) is 0. The Hall–Kier alpha value is -2.38. The lowest BCUT2D eigenvalue weighted by Crippen LogP contribution is -2.30. The Kier molecular flexibility index (Phi) is 2.74. The Labute approximate surface area is 136 Å². The fourth-order valence-electron chi connectivity index (χ4n) is 4.49. The van der Waals surface area contributed by atoms with Gasteiger partial charge in [0.15, 0.2) is 0 Å². The Balaban J connectivity index is 1.81. The van der Waals surface area contributed by atoms with Crippen LogP contribution in [0.3, 0.4) is 0 Å². The molecule has 1 aliphatic carbocycles. The second-order valence-corrected chi connectivity index (χ2v) is 6.43. The summed E-state index contributed by atoms with van der Waals surface area (Å²) in [5.74, 6) is 0.369. The van der Waals surface area contributed by atoms with Gasteiger partial charge in [0.25, 0.3) is 0 Å². The lowest BCUT2D eigenvalue weighted by molar-refractivity contribution is 0.0300. The predicted molar refractivity (Wildman–Crippen MR) is 92.4 cm³/mol. The number of rotatable bonds is 1. The highest BCUT2D eigenvalue weighted by molar-refractivity contribution is 5.81. The van der Waals surface area contributed by atoms with Gasteiger partial charge in [-0.1, -0.05) is 78.9 Å². The van der Waals surface area contributed by atoms with E-state index in [1.807, 2.05) is 0 Å². The van der Waals surface area contributed by atoms with Crippen LogP contribution in [0.2, 0.25) is 0 Å². The van der Waals surface area contributed by atoms with Crippen LogP contribution in [-0.4, -0.2) is 6.61 Å². The van der Waals surface area contributed by atoms with E-state index in [0.29, 0.717) is 5.92 Å². The molecule has 0 N–H and O–H groups in total. The molecule has 0 saturated carbocycles. The van der Waals surface area contributed by atoms with Crippen molar-refractivity contribution < 1.29 is 4.74 Å². The normalized spacial score (nSPS) is 20.4. The van der Waals surface area contributed by atoms with Crippen molar-refractivity contribution in [1.29, 1.82) is 0 Å². The first-order valence-corrected chi connectivity index (χ1v) is 8.29. The van der Waals surface area contributed by atoms with Crippen LogP contribution in [0.25, 0.3) is 11.1 Å². The first-order chi connectivity index (χ1) is 11.4. The molecular weight excluding hydrogens is 280 g/mol. The van der Waals surface area contributed by atoms with E-state index in [-0.39, 0.29) is 5.60 Å². The molecule has 0 amide bonds. The van der Waals surface area contributed by atoms with Crippen LogP contribution in [-0.2, 0) is 10.3 Å². The number of benzene rings is 3. The quantitative estimate of drug-likeness (QED) is 0.606. The molecule has 112 valence electrons. The monoisotopic (exact) mass is 298 g/mol. The Morgan fingerprint density at radius 2 is 1.26 bits per heavy atom. The standard InChI is InChI=1S/C22H18O/c1-2-8-16(9-3-1)19-14-15-23-22(19)20-12-6-4-10-17(20)18-11-5-7-13-21(18)22/h1-13,19H,14-15H2. The molecule has 1 heteroatoms. The summed E-state index contributed by atoms with van der Waals surface area (Å²) in [4.78, 5) is 0. The number of hydrogen-bond acceptors (Lipinski definition) is 1. The smallest absolute Gasteiger partial charge is 0.126 e. The molecule has 1 nitrogen and oxygen atoms in total. The third-order valence-corrected chi connectivity index (χ3v) is 5.37. The van der Waals surface area contributed by atoms with Crippen molar-refractivity contribution in [1.82, 2.24) is 0 Å². The van der Waals surface area contributed by atoms with Gasteiger partial charge < -0.3 is 4.74 Å². The summed E-state index contributed by atoms with van der Waals surface area (Å²) in [7, 11) is 0. The highest BCUT2D eigenvalue weighted by Crippen LogP contribution is 2.59. The van der Waals surface area contributed by atoms with Crippen molar-refractivity contribution in [2.75, 3.05) is 6.61 Å². The predicted octanol–water partition coefficient (Wildman–Crippen LogP) is 5.11. The van der Waals surface area contributed by atoms with E-state index in [1.165, 1.54) is 27.8 Å². The number of ether oxygens (including phenoxy) is 1. The fraction of sp³-hybridized carbons (Fsp3) is 0.182. The molecule has 0 bridgehead atoms. The second kappa shape index (κ2) is 4.81. The van der Waals surface area contributed by atoms with Gasteiger partial charge in [0.05, 0.1) is 0 Å². The molecule has 1 saturated heterocycles. The average Bonchev–Trinajstić information content (AvgIpc) is 3.19. The first-order valence-electron chi connectivity index (χ1n) is 8.29. The highest BCUT2D eigenvalue weighted by atomic mass is 16.5. The zero-order chi connectivity index (χ0) is 15.3. The Bertz CT molecular complexity index is 820. The molecule has 1 heterocycles. The average molecular weight is 298 g/mol. The van der Waals surface area contributed by atoms with Gasteiger partial charge in [-0.15, -0.1) is 0 Å². The molecule has 0 aromatic heterocycles. The highest BCUT2D eigenvalue weighted by Gasteiger charge is 2.53. The first kappa shape index (κ1) is 13.1. The zero-order valence-electron chi connectivity index (χ0n) is 12.9. The van der Waals surface area contributed by atoms with Crippen LogP contribution in [0.5, 0.6) is 0 Å². The SMILES string of the molecule is c1ccc(C2CCOC23c2ccccc2-c2ccccc23)cc1. The van der Waals surface area contributed by atoms with Gasteiger partial charge in [0.1, 0.15) is 5.60 Å². The lowest BCUT2D eigenvalue weighted by atomic mass is 9.76. The van der Waals surface area contributed by atoms with E-state index in [9.17, 15) is 0 Å². The van der Waals surface area contributed by atoms with Gasteiger partial charge in [0, 0.05) is 12.5 Å². The Morgan fingerprint density at radius 3 is 1.91 bits per heavy atom. The molecule has 1 unspecified atom stereocenters. The van der Waals surface area contributed by atoms with Crippen molar-refractivity contribution in [3.63, 3.8) is 0 Å². The molecule has 1 atom stereocenters. The van der Waals surface area contributed by atoms with Crippen molar-refractivity contribution in [2.45, 2.75) is 17.9 Å². The largest absolute Gasteiger partial charge is 0.365 e. The fourth-order valence-corrected chi connectivity index (χ4v) is 4.49. The van der Waals surface area contributed by atoms with Crippen LogP contribution < -0.4 is 0 Å². The maximum absolute atomic E-state index is 6.52. The Morgan fingerprint density at radius 1 is 0.696 bits per heavy atom. The van der Waals surface area contributed by atoms with Gasteiger partial charge in [0.2, 0.25) is 0 Å². The van der Waals surface area contributed by atoms with Crippen LogP contribution >= 0.6 is 0 Å². The third-order valence-electron chi connectivity index (χ3n) is 5.37. The maximum atomic E-state index is 6.52. The summed E-state index contributed by atoms with van der Waals surface area (Å²) >= 11 is 0. The minimum atomic E-state index is -0.325. The van der Waals surface area contributed by atoms with Crippen LogP contribution in [0.15, 0.2) is 78.9 Å². The molecular formula is C22H18O. The number of hydrogen-bond donors (Lipinski definition) is 0. The van der Waals surface area contributed by atoms with Gasteiger partial charge in [-0.05, 0) is 34.2 Å². The van der Waals surface area contributed by atoms with Crippen molar-refractivity contribution in [3.8, 4) is 11.1 Å². The van der Waals surface area contributed by atoms with Crippen LogP contribution in [0, 0.1) is 0 Å². The second-order valence-electron chi connectivity index (χ2n) is 6.43. The van der Waals surface area contributed by atoms with Crippen LogP contribution in [0.1, 0.15) is 29.0 Å². The van der Waals surface area contributed by atoms with E-state index in [0.717, 1.165) is 13.0 Å². The van der Waals surface area contributed by atoms with Crippen LogP contribution in [0.4, 0.5) is 0 Å². The summed E-state index contributed by atoms with van der Waals surface area (Å²) in [6.45, 7) is 0.808. The molecule has 1 aliphatic heterocycles. The topological polar surface area (TPSA) is 9.23 Å². The van der Waals surface area contributed by atoms with E-state index < -0.39 is 0 Å². The van der Waals surface area contributed by atoms with E-state index in [1.54, 1.807) is 0 Å². The minimum absolute atomic E-state index is 0.325. The summed E-state index contributed by atoms with van der Waals surface area (Å²) in [5.41, 5.74) is 6.35. The molecule has 3 aromatic rings. The summed E-state index contributed by atoms with van der Waals surface area (Å²) < 4.78 is 6.52. The summed E-state index contributed by atoms with van der Waals surface area (Å²) in [6.07, 6.45) is 1.06. The molecule has 2 aliphatic rings. The third kappa shape index (κ3) is 1.66. The zero-order valence-corrected chi connectivity index (χ0v) is 12.9. The van der Waals surface area contributed by atoms with Gasteiger partial charge >= 0.3 is 0 Å². The molecule has 23 heavy (non-hydrogen) atoms. The maximum Gasteiger partial charge on any atom is 0.126 e. The van der Waals surface area contributed by atoms with Gasteiger partial charge in [-0.2, -0.15) is 0 Å². The minimum Gasteiger partial charge on any atom is -0.365 e. The molecule has 3 aromatic carbocycles. The van der Waals surface area contributed by atoms with Gasteiger partial charge in [-0.25, -0.2) is 0 Å². The lowest BCUT2D eigenvalue weighted by Gasteiger charge is -2.33. The van der Waals surface area contributed by atoms with Crippen molar-refractivity contribution in [3.05, 3.63) is 95.6 Å². The molecule has 1 spiro atoms. The van der Waals surface area contributed by atoms with Crippen molar-refractivity contribution in [2.24, 2.45) is 0 Å². The molecule has 0 radical (unpaired) electrons.